The molecule has 1 saturated heterocycles. The summed E-state index contributed by atoms with van der Waals surface area (Å²) in [7, 11) is -3.15. The first kappa shape index (κ1) is 17.0. The van der Waals surface area contributed by atoms with E-state index < -0.39 is 27.6 Å². The van der Waals surface area contributed by atoms with Crippen molar-refractivity contribution in [3.8, 4) is 0 Å². The second kappa shape index (κ2) is 6.35. The number of hydrogen-bond donors (Lipinski definition) is 2. The lowest BCUT2D eigenvalue weighted by Gasteiger charge is -2.13. The van der Waals surface area contributed by atoms with E-state index in [1.165, 1.54) is 0 Å². The molecule has 8 heteroatoms. The lowest BCUT2D eigenvalue weighted by Crippen LogP contribution is -2.45. The molecule has 2 aliphatic rings. The summed E-state index contributed by atoms with van der Waals surface area (Å²) in [6, 6.07) is 9.16. The van der Waals surface area contributed by atoms with Gasteiger partial charge in [-0.2, -0.15) is 0 Å². The quantitative estimate of drug-likeness (QED) is 0.789. The summed E-state index contributed by atoms with van der Waals surface area (Å²) in [5.41, 5.74) is 6.88. The van der Waals surface area contributed by atoms with E-state index in [1.807, 2.05) is 24.3 Å². The van der Waals surface area contributed by atoms with E-state index in [-0.39, 0.29) is 17.9 Å². The Morgan fingerprint density at radius 2 is 1.85 bits per heavy atom. The van der Waals surface area contributed by atoms with Crippen LogP contribution in [0.1, 0.15) is 41.2 Å². The SMILES string of the molecule is O=C(NNC(=O)[C@H]1CCS(=O)(=O)C1)c1cc(C2CC2)nc2ccccc12. The van der Waals surface area contributed by atoms with Crippen LogP contribution in [0, 0.1) is 5.92 Å². The normalized spacial score (nSPS) is 21.5. The Morgan fingerprint density at radius 3 is 2.54 bits per heavy atom. The first-order chi connectivity index (χ1) is 12.4. The molecule has 0 unspecified atom stereocenters. The van der Waals surface area contributed by atoms with Crippen molar-refractivity contribution in [2.75, 3.05) is 11.5 Å². The fraction of sp³-hybridized carbons (Fsp3) is 0.389. The van der Waals surface area contributed by atoms with Crippen molar-refractivity contribution in [3.05, 3.63) is 41.6 Å². The molecule has 26 heavy (non-hydrogen) atoms. The summed E-state index contributed by atoms with van der Waals surface area (Å²) in [6.45, 7) is 0. The number of carbonyl (C=O) groups is 2. The number of para-hydroxylation sites is 1. The van der Waals surface area contributed by atoms with Gasteiger partial charge < -0.3 is 0 Å². The molecule has 2 heterocycles. The number of pyridine rings is 1. The molecule has 1 aromatic heterocycles. The van der Waals surface area contributed by atoms with Crippen LogP contribution in [0.4, 0.5) is 0 Å². The van der Waals surface area contributed by atoms with Crippen molar-refractivity contribution < 1.29 is 18.0 Å². The van der Waals surface area contributed by atoms with Gasteiger partial charge in [0, 0.05) is 17.0 Å². The summed E-state index contributed by atoms with van der Waals surface area (Å²) < 4.78 is 23.0. The van der Waals surface area contributed by atoms with Gasteiger partial charge in [-0.25, -0.2) is 8.42 Å². The van der Waals surface area contributed by atoms with E-state index >= 15 is 0 Å². The number of hydrogen-bond acceptors (Lipinski definition) is 5. The Hall–Kier alpha value is -2.48. The molecular formula is C18H19N3O4S. The Kier molecular flexibility index (Phi) is 4.14. The molecule has 2 amide bonds. The second-order valence-corrected chi connectivity index (χ2v) is 9.16. The smallest absolute Gasteiger partial charge is 0.270 e. The van der Waals surface area contributed by atoms with Crippen molar-refractivity contribution in [1.82, 2.24) is 15.8 Å². The highest BCUT2D eigenvalue weighted by atomic mass is 32.2. The maximum Gasteiger partial charge on any atom is 0.270 e. The predicted octanol–water partition coefficient (Wildman–Crippen LogP) is 1.31. The van der Waals surface area contributed by atoms with Crippen molar-refractivity contribution >= 4 is 32.6 Å². The Labute approximate surface area is 151 Å². The number of carbonyl (C=O) groups excluding carboxylic acids is 2. The summed E-state index contributed by atoms with van der Waals surface area (Å²) >= 11 is 0. The van der Waals surface area contributed by atoms with Gasteiger partial charge in [0.25, 0.3) is 5.91 Å². The van der Waals surface area contributed by atoms with Crippen LogP contribution in [0.5, 0.6) is 0 Å². The average Bonchev–Trinajstić information content (AvgIpc) is 3.41. The van der Waals surface area contributed by atoms with Gasteiger partial charge in [-0.3, -0.25) is 25.4 Å². The Morgan fingerprint density at radius 1 is 1.08 bits per heavy atom. The van der Waals surface area contributed by atoms with Crippen molar-refractivity contribution in [2.45, 2.75) is 25.2 Å². The molecular weight excluding hydrogens is 354 g/mol. The zero-order chi connectivity index (χ0) is 18.3. The first-order valence-corrected chi connectivity index (χ1v) is 10.5. The van der Waals surface area contributed by atoms with E-state index in [2.05, 4.69) is 15.8 Å². The molecule has 0 spiro atoms. The maximum absolute atomic E-state index is 12.6. The minimum absolute atomic E-state index is 0.0127. The number of aromatic nitrogens is 1. The third-order valence-corrected chi connectivity index (χ3v) is 6.65. The fourth-order valence-electron chi connectivity index (χ4n) is 3.26. The molecule has 2 fully saturated rings. The van der Waals surface area contributed by atoms with Gasteiger partial charge in [0.05, 0.1) is 28.5 Å². The average molecular weight is 373 g/mol. The topological polar surface area (TPSA) is 105 Å². The van der Waals surface area contributed by atoms with Gasteiger partial charge in [0.15, 0.2) is 9.84 Å². The van der Waals surface area contributed by atoms with Crippen LogP contribution >= 0.6 is 0 Å². The molecule has 1 aliphatic heterocycles. The minimum atomic E-state index is -3.15. The Balaban J connectivity index is 1.52. The molecule has 0 bridgehead atoms. The van der Waals surface area contributed by atoms with E-state index in [0.717, 1.165) is 24.1 Å². The number of hydrazine groups is 1. The van der Waals surface area contributed by atoms with Gasteiger partial charge in [-0.15, -0.1) is 0 Å². The summed E-state index contributed by atoms with van der Waals surface area (Å²) in [5, 5.41) is 0.715. The molecule has 0 radical (unpaired) electrons. The molecule has 1 aliphatic carbocycles. The molecule has 4 rings (SSSR count). The fourth-order valence-corrected chi connectivity index (χ4v) is 5.00. The van der Waals surface area contributed by atoms with Gasteiger partial charge in [0.1, 0.15) is 0 Å². The highest BCUT2D eigenvalue weighted by molar-refractivity contribution is 7.91. The van der Waals surface area contributed by atoms with Crippen molar-refractivity contribution in [2.24, 2.45) is 5.92 Å². The predicted molar refractivity (Wildman–Crippen MR) is 96.1 cm³/mol. The van der Waals surface area contributed by atoms with E-state index in [0.29, 0.717) is 16.9 Å². The number of benzene rings is 1. The van der Waals surface area contributed by atoms with Gasteiger partial charge >= 0.3 is 0 Å². The van der Waals surface area contributed by atoms with Crippen molar-refractivity contribution in [3.63, 3.8) is 0 Å². The lowest BCUT2D eigenvalue weighted by atomic mass is 10.1. The molecule has 7 nitrogen and oxygen atoms in total. The summed E-state index contributed by atoms with van der Waals surface area (Å²) in [5.74, 6) is -1.28. The highest BCUT2D eigenvalue weighted by Crippen LogP contribution is 2.40. The van der Waals surface area contributed by atoms with Crippen LogP contribution in [0.15, 0.2) is 30.3 Å². The van der Waals surface area contributed by atoms with Crippen molar-refractivity contribution in [1.29, 1.82) is 0 Å². The summed E-state index contributed by atoms with van der Waals surface area (Å²) in [6.07, 6.45) is 2.42. The van der Waals surface area contributed by atoms with Crippen LogP contribution in [-0.2, 0) is 14.6 Å². The number of amides is 2. The Bertz CT molecular complexity index is 999. The molecule has 2 aromatic rings. The zero-order valence-electron chi connectivity index (χ0n) is 14.1. The molecule has 1 aromatic carbocycles. The van der Waals surface area contributed by atoms with Crippen LogP contribution in [0.25, 0.3) is 10.9 Å². The lowest BCUT2D eigenvalue weighted by molar-refractivity contribution is -0.125. The number of nitrogens with one attached hydrogen (secondary N) is 2. The minimum Gasteiger partial charge on any atom is -0.273 e. The van der Waals surface area contributed by atoms with Crippen LogP contribution in [0.3, 0.4) is 0 Å². The first-order valence-electron chi connectivity index (χ1n) is 8.63. The standard InChI is InChI=1S/C18H19N3O4S/c22-17(12-7-8-26(24,25)10-12)20-21-18(23)14-9-16(11-5-6-11)19-15-4-2-1-3-13(14)15/h1-4,9,11-12H,5-8,10H2,(H,20,22)(H,21,23)/t12-/m0/s1. The van der Waals surface area contributed by atoms with E-state index in [9.17, 15) is 18.0 Å². The monoisotopic (exact) mass is 373 g/mol. The van der Waals surface area contributed by atoms with Crippen LogP contribution in [-0.4, -0.2) is 36.7 Å². The van der Waals surface area contributed by atoms with E-state index in [1.54, 1.807) is 6.07 Å². The van der Waals surface area contributed by atoms with Gasteiger partial charge in [-0.1, -0.05) is 18.2 Å². The number of fused-ring (bicyclic) bond motifs is 1. The van der Waals surface area contributed by atoms with Gasteiger partial charge in [-0.05, 0) is 31.4 Å². The van der Waals surface area contributed by atoms with Crippen LogP contribution in [0.2, 0.25) is 0 Å². The third-order valence-electron chi connectivity index (χ3n) is 4.88. The number of sulfone groups is 1. The molecule has 1 atom stereocenters. The number of rotatable bonds is 3. The summed E-state index contributed by atoms with van der Waals surface area (Å²) in [4.78, 5) is 29.4. The van der Waals surface area contributed by atoms with Crippen LogP contribution < -0.4 is 10.9 Å². The highest BCUT2D eigenvalue weighted by Gasteiger charge is 2.33. The number of nitrogens with zero attached hydrogens (tertiary/aromatic N) is 1. The molecule has 2 N–H and O–H groups in total. The maximum atomic E-state index is 12.6. The molecule has 1 saturated carbocycles. The largest absolute Gasteiger partial charge is 0.273 e. The molecule has 136 valence electrons. The zero-order valence-corrected chi connectivity index (χ0v) is 14.9. The second-order valence-electron chi connectivity index (χ2n) is 6.93. The van der Waals surface area contributed by atoms with E-state index in [4.69, 9.17) is 0 Å². The third kappa shape index (κ3) is 3.41. The van der Waals surface area contributed by atoms with Gasteiger partial charge in [0.2, 0.25) is 5.91 Å².